The predicted molar refractivity (Wildman–Crippen MR) is 172 cm³/mol. The molecule has 0 aromatic heterocycles. The van der Waals surface area contributed by atoms with Gasteiger partial charge in [-0.3, -0.25) is 4.79 Å². The van der Waals surface area contributed by atoms with Gasteiger partial charge in [0, 0.05) is 6.42 Å². The summed E-state index contributed by atoms with van der Waals surface area (Å²) in [5, 5.41) is 8.81. The number of benzene rings is 3. The SMILES string of the molecule is CCCCCCCCCCCCOc1ccc(C(=O)O)cc1.CC[C@H](C)CC(=O)Oc1ccc(-c2cccc(F)c2)cc1F. The Morgan fingerprint density at radius 3 is 1.95 bits per heavy atom. The molecular formula is C37H48F2O5. The first-order chi connectivity index (χ1) is 21.2. The maximum Gasteiger partial charge on any atom is 0.335 e. The summed E-state index contributed by atoms with van der Waals surface area (Å²) < 4.78 is 37.9. The number of carboxylic acids is 1. The largest absolute Gasteiger partial charge is 0.494 e. The van der Waals surface area contributed by atoms with Crippen molar-refractivity contribution in [1.29, 1.82) is 0 Å². The monoisotopic (exact) mass is 610 g/mol. The van der Waals surface area contributed by atoms with E-state index in [0.717, 1.165) is 18.6 Å². The van der Waals surface area contributed by atoms with Gasteiger partial charge >= 0.3 is 11.9 Å². The number of esters is 1. The zero-order valence-electron chi connectivity index (χ0n) is 26.5. The first-order valence-electron chi connectivity index (χ1n) is 16.0. The van der Waals surface area contributed by atoms with Crippen LogP contribution in [0.5, 0.6) is 11.5 Å². The second kappa shape index (κ2) is 21.0. The van der Waals surface area contributed by atoms with E-state index in [9.17, 15) is 18.4 Å². The Kier molecular flexibility index (Phi) is 17.4. The fourth-order valence-corrected chi connectivity index (χ4v) is 4.50. The third-order valence-electron chi connectivity index (χ3n) is 7.39. The van der Waals surface area contributed by atoms with Gasteiger partial charge in [-0.25, -0.2) is 13.6 Å². The minimum absolute atomic E-state index is 0.103. The molecule has 0 aliphatic rings. The van der Waals surface area contributed by atoms with Crippen molar-refractivity contribution >= 4 is 11.9 Å². The highest BCUT2D eigenvalue weighted by molar-refractivity contribution is 5.87. The lowest BCUT2D eigenvalue weighted by molar-refractivity contribution is -0.135. The summed E-state index contributed by atoms with van der Waals surface area (Å²) in [6, 6.07) is 16.7. The van der Waals surface area contributed by atoms with Crippen molar-refractivity contribution in [2.75, 3.05) is 6.61 Å². The number of hydrogen-bond donors (Lipinski definition) is 1. The topological polar surface area (TPSA) is 72.8 Å². The van der Waals surface area contributed by atoms with E-state index in [1.54, 1.807) is 42.5 Å². The van der Waals surface area contributed by atoms with Gasteiger partial charge in [0.2, 0.25) is 0 Å². The maximum absolute atomic E-state index is 14.0. The van der Waals surface area contributed by atoms with Crippen LogP contribution in [-0.4, -0.2) is 23.7 Å². The summed E-state index contributed by atoms with van der Waals surface area (Å²) in [5.74, 6) is -1.54. The predicted octanol–water partition coefficient (Wildman–Crippen LogP) is 10.7. The average Bonchev–Trinajstić information content (AvgIpc) is 3.01. The molecule has 5 nitrogen and oxygen atoms in total. The molecule has 0 saturated carbocycles. The normalized spacial score (nSPS) is 11.3. The Bertz CT molecular complexity index is 1260. The number of unbranched alkanes of at least 4 members (excludes halogenated alkanes) is 9. The molecule has 0 radical (unpaired) electrons. The number of carbonyl (C=O) groups excluding carboxylic acids is 1. The van der Waals surface area contributed by atoms with Crippen molar-refractivity contribution in [3.05, 3.63) is 83.9 Å². The number of aromatic carboxylic acids is 1. The van der Waals surface area contributed by atoms with E-state index in [1.807, 2.05) is 13.8 Å². The Morgan fingerprint density at radius 2 is 1.39 bits per heavy atom. The molecule has 0 aliphatic heterocycles. The van der Waals surface area contributed by atoms with Crippen molar-refractivity contribution in [1.82, 2.24) is 0 Å². The minimum atomic E-state index is -0.902. The van der Waals surface area contributed by atoms with E-state index in [0.29, 0.717) is 23.3 Å². The van der Waals surface area contributed by atoms with Crippen LogP contribution >= 0.6 is 0 Å². The molecule has 1 N–H and O–H groups in total. The van der Waals surface area contributed by atoms with Gasteiger partial charge in [-0.2, -0.15) is 0 Å². The first kappa shape index (κ1) is 36.5. The summed E-state index contributed by atoms with van der Waals surface area (Å²) in [6.07, 6.45) is 14.2. The van der Waals surface area contributed by atoms with Gasteiger partial charge in [0.05, 0.1) is 12.2 Å². The number of carboxylic acid groups (broad SMARTS) is 1. The van der Waals surface area contributed by atoms with E-state index in [2.05, 4.69) is 6.92 Å². The molecule has 0 heterocycles. The fourth-order valence-electron chi connectivity index (χ4n) is 4.50. The summed E-state index contributed by atoms with van der Waals surface area (Å²) in [5.41, 5.74) is 1.39. The first-order valence-corrected chi connectivity index (χ1v) is 16.0. The summed E-state index contributed by atoms with van der Waals surface area (Å²) in [6.45, 7) is 6.88. The Hall–Kier alpha value is -3.74. The molecule has 0 saturated heterocycles. The van der Waals surface area contributed by atoms with E-state index >= 15 is 0 Å². The van der Waals surface area contributed by atoms with Crippen molar-refractivity contribution in [2.45, 2.75) is 97.8 Å². The number of halogens is 2. The Labute approximate surface area is 261 Å². The third-order valence-corrected chi connectivity index (χ3v) is 7.39. The molecule has 0 unspecified atom stereocenters. The standard InChI is InChI=1S/C19H30O3.C18H18F2O2/c1-2-3-4-5-6-7-8-9-10-11-16-22-18-14-12-17(13-15-18)19(20)21;1-3-12(2)9-18(21)22-17-8-7-14(11-16(17)20)13-5-4-6-15(19)10-13/h12-15H,2-11,16H2,1H3,(H,20,21);4-8,10-12H,3,9H2,1-2H3/t;12-/m.0/s1. The molecule has 44 heavy (non-hydrogen) atoms. The lowest BCUT2D eigenvalue weighted by Crippen LogP contribution is -2.12. The summed E-state index contributed by atoms with van der Waals surface area (Å²) in [4.78, 5) is 22.4. The Balaban J connectivity index is 0.000000307. The highest BCUT2D eigenvalue weighted by Crippen LogP contribution is 2.27. The van der Waals surface area contributed by atoms with Gasteiger partial charge in [0.25, 0.3) is 0 Å². The molecule has 0 aliphatic carbocycles. The van der Waals surface area contributed by atoms with Gasteiger partial charge in [-0.15, -0.1) is 0 Å². The third kappa shape index (κ3) is 14.6. The molecule has 3 rings (SSSR count). The average molecular weight is 611 g/mol. The van der Waals surface area contributed by atoms with Crippen molar-refractivity contribution < 1.29 is 33.0 Å². The smallest absolute Gasteiger partial charge is 0.335 e. The fraction of sp³-hybridized carbons (Fsp3) is 0.459. The maximum atomic E-state index is 14.0. The zero-order chi connectivity index (χ0) is 32.2. The highest BCUT2D eigenvalue weighted by atomic mass is 19.1. The van der Waals surface area contributed by atoms with Crippen LogP contribution in [0.2, 0.25) is 0 Å². The van der Waals surface area contributed by atoms with Gasteiger partial charge in [0.15, 0.2) is 11.6 Å². The van der Waals surface area contributed by atoms with Crippen LogP contribution in [0.3, 0.4) is 0 Å². The van der Waals surface area contributed by atoms with Crippen LogP contribution in [0.25, 0.3) is 11.1 Å². The van der Waals surface area contributed by atoms with Crippen molar-refractivity contribution in [3.63, 3.8) is 0 Å². The summed E-state index contributed by atoms with van der Waals surface area (Å²) in [7, 11) is 0. The zero-order valence-corrected chi connectivity index (χ0v) is 26.5. The quantitative estimate of drug-likeness (QED) is 0.0881. The van der Waals surface area contributed by atoms with Crippen LogP contribution in [0.15, 0.2) is 66.7 Å². The highest BCUT2D eigenvalue weighted by Gasteiger charge is 2.13. The molecule has 3 aromatic rings. The molecule has 0 bridgehead atoms. The van der Waals surface area contributed by atoms with Crippen LogP contribution in [0.4, 0.5) is 8.78 Å². The molecule has 3 aromatic carbocycles. The van der Waals surface area contributed by atoms with Gasteiger partial charge < -0.3 is 14.6 Å². The number of rotatable bonds is 18. The van der Waals surface area contributed by atoms with Crippen LogP contribution in [-0.2, 0) is 4.79 Å². The van der Waals surface area contributed by atoms with Crippen molar-refractivity contribution in [2.24, 2.45) is 5.92 Å². The van der Waals surface area contributed by atoms with Gasteiger partial charge in [0.1, 0.15) is 11.6 Å². The van der Waals surface area contributed by atoms with Crippen LogP contribution in [0, 0.1) is 17.6 Å². The number of ether oxygens (including phenoxy) is 2. The van der Waals surface area contributed by atoms with E-state index in [1.165, 1.54) is 82.1 Å². The molecular weight excluding hydrogens is 562 g/mol. The van der Waals surface area contributed by atoms with Gasteiger partial charge in [-0.1, -0.05) is 103 Å². The van der Waals surface area contributed by atoms with Crippen LogP contribution < -0.4 is 9.47 Å². The number of carbonyl (C=O) groups is 2. The minimum Gasteiger partial charge on any atom is -0.494 e. The van der Waals surface area contributed by atoms with Crippen molar-refractivity contribution in [3.8, 4) is 22.6 Å². The van der Waals surface area contributed by atoms with Crippen LogP contribution in [0.1, 0.15) is 108 Å². The van der Waals surface area contributed by atoms with E-state index in [-0.39, 0.29) is 23.9 Å². The molecule has 240 valence electrons. The molecule has 1 atom stereocenters. The number of hydrogen-bond acceptors (Lipinski definition) is 4. The summed E-state index contributed by atoms with van der Waals surface area (Å²) >= 11 is 0. The molecule has 7 heteroatoms. The second-order valence-corrected chi connectivity index (χ2v) is 11.2. The van der Waals surface area contributed by atoms with E-state index in [4.69, 9.17) is 14.6 Å². The second-order valence-electron chi connectivity index (χ2n) is 11.2. The lowest BCUT2D eigenvalue weighted by atomic mass is 10.0. The molecule has 0 fully saturated rings. The van der Waals surface area contributed by atoms with E-state index < -0.39 is 17.8 Å². The lowest BCUT2D eigenvalue weighted by Gasteiger charge is -2.10. The molecule has 0 spiro atoms. The Morgan fingerprint density at radius 1 is 0.773 bits per heavy atom. The van der Waals surface area contributed by atoms with Gasteiger partial charge in [-0.05, 0) is 72.0 Å². The molecule has 0 amide bonds.